The SMILES string of the molecule is CSc1ccc(C2C=CC=C(Cl)C2OCC(F)(F)F)cc1. The number of hydrogen-bond acceptors (Lipinski definition) is 2. The van der Waals surface area contributed by atoms with E-state index in [2.05, 4.69) is 0 Å². The third kappa shape index (κ3) is 4.53. The van der Waals surface area contributed by atoms with Crippen molar-refractivity contribution in [3.8, 4) is 0 Å². The predicted molar refractivity (Wildman–Crippen MR) is 79.8 cm³/mol. The minimum atomic E-state index is -4.37. The Bertz CT molecular complexity index is 537. The molecule has 0 amide bonds. The third-order valence-corrected chi connectivity index (χ3v) is 4.18. The first-order chi connectivity index (χ1) is 9.90. The maximum absolute atomic E-state index is 12.4. The lowest BCUT2D eigenvalue weighted by Crippen LogP contribution is -2.29. The zero-order valence-corrected chi connectivity index (χ0v) is 12.8. The molecular weight excluding hydrogens is 321 g/mol. The normalized spacial score (nSPS) is 22.2. The van der Waals surface area contributed by atoms with E-state index in [-0.39, 0.29) is 11.0 Å². The van der Waals surface area contributed by atoms with Crippen molar-refractivity contribution in [1.82, 2.24) is 0 Å². The van der Waals surface area contributed by atoms with Crippen LogP contribution in [0.2, 0.25) is 0 Å². The molecule has 0 fully saturated rings. The number of ether oxygens (including phenoxy) is 1. The highest BCUT2D eigenvalue weighted by Crippen LogP contribution is 2.35. The molecular formula is C15H14ClF3OS. The summed E-state index contributed by atoms with van der Waals surface area (Å²) in [7, 11) is 0. The summed E-state index contributed by atoms with van der Waals surface area (Å²) in [4.78, 5) is 1.09. The summed E-state index contributed by atoms with van der Waals surface area (Å²) < 4.78 is 42.1. The average molecular weight is 335 g/mol. The molecule has 1 aromatic rings. The van der Waals surface area contributed by atoms with Gasteiger partial charge in [-0.3, -0.25) is 0 Å². The molecule has 0 bridgehead atoms. The Labute approximate surface area is 130 Å². The lowest BCUT2D eigenvalue weighted by atomic mass is 9.90. The maximum Gasteiger partial charge on any atom is 0.411 e. The van der Waals surface area contributed by atoms with Crippen LogP contribution in [0.1, 0.15) is 11.5 Å². The van der Waals surface area contributed by atoms with Crippen LogP contribution in [-0.4, -0.2) is 25.1 Å². The highest BCUT2D eigenvalue weighted by Gasteiger charge is 2.33. The zero-order valence-electron chi connectivity index (χ0n) is 11.2. The van der Waals surface area contributed by atoms with Gasteiger partial charge >= 0.3 is 6.18 Å². The minimum Gasteiger partial charge on any atom is -0.362 e. The second kappa shape index (κ2) is 6.90. The van der Waals surface area contributed by atoms with Crippen LogP contribution in [0.25, 0.3) is 0 Å². The Morgan fingerprint density at radius 3 is 2.48 bits per heavy atom. The predicted octanol–water partition coefficient (Wildman–Crippen LogP) is 5.13. The molecule has 0 aromatic heterocycles. The van der Waals surface area contributed by atoms with Gasteiger partial charge < -0.3 is 4.74 Å². The van der Waals surface area contributed by atoms with Crippen molar-refractivity contribution in [2.75, 3.05) is 12.9 Å². The highest BCUT2D eigenvalue weighted by molar-refractivity contribution is 7.98. The van der Waals surface area contributed by atoms with Gasteiger partial charge in [0.25, 0.3) is 0 Å². The molecule has 1 aliphatic carbocycles. The van der Waals surface area contributed by atoms with Crippen molar-refractivity contribution in [3.05, 3.63) is 53.1 Å². The summed E-state index contributed by atoms with van der Waals surface area (Å²) in [6, 6.07) is 7.64. The number of benzene rings is 1. The van der Waals surface area contributed by atoms with E-state index in [9.17, 15) is 13.2 Å². The quantitative estimate of drug-likeness (QED) is 0.706. The molecule has 0 saturated carbocycles. The smallest absolute Gasteiger partial charge is 0.362 e. The Morgan fingerprint density at radius 2 is 1.90 bits per heavy atom. The van der Waals surface area contributed by atoms with Crippen LogP contribution in [0.5, 0.6) is 0 Å². The van der Waals surface area contributed by atoms with Gasteiger partial charge in [-0.15, -0.1) is 11.8 Å². The number of hydrogen-bond donors (Lipinski definition) is 0. The monoisotopic (exact) mass is 334 g/mol. The Kier molecular flexibility index (Phi) is 5.41. The molecule has 1 aromatic carbocycles. The Balaban J connectivity index is 2.18. The summed E-state index contributed by atoms with van der Waals surface area (Å²) in [6.07, 6.45) is 1.90. The number of rotatable bonds is 4. The zero-order chi connectivity index (χ0) is 15.5. The van der Waals surface area contributed by atoms with E-state index in [1.54, 1.807) is 30.0 Å². The summed E-state index contributed by atoms with van der Waals surface area (Å²) in [5, 5.41) is 0.278. The first-order valence-electron chi connectivity index (χ1n) is 6.27. The Hall–Kier alpha value is -0.910. The molecule has 0 spiro atoms. The van der Waals surface area contributed by atoms with E-state index in [1.807, 2.05) is 30.5 Å². The minimum absolute atomic E-state index is 0.278. The van der Waals surface area contributed by atoms with Crippen LogP contribution in [0.3, 0.4) is 0 Å². The van der Waals surface area contributed by atoms with E-state index in [4.69, 9.17) is 16.3 Å². The second-order valence-electron chi connectivity index (χ2n) is 4.58. The van der Waals surface area contributed by atoms with E-state index in [0.29, 0.717) is 0 Å². The van der Waals surface area contributed by atoms with Crippen LogP contribution in [0.15, 0.2) is 52.4 Å². The topological polar surface area (TPSA) is 9.23 Å². The molecule has 0 saturated heterocycles. The molecule has 1 aliphatic rings. The van der Waals surface area contributed by atoms with Gasteiger partial charge in [0, 0.05) is 15.8 Å². The molecule has 2 unspecified atom stereocenters. The number of halogens is 4. The van der Waals surface area contributed by atoms with Crippen LogP contribution >= 0.6 is 23.4 Å². The first-order valence-corrected chi connectivity index (χ1v) is 7.87. The molecule has 2 rings (SSSR count). The van der Waals surface area contributed by atoms with E-state index >= 15 is 0 Å². The van der Waals surface area contributed by atoms with Gasteiger partial charge in [0.2, 0.25) is 0 Å². The lowest BCUT2D eigenvalue weighted by Gasteiger charge is -2.28. The van der Waals surface area contributed by atoms with Crippen molar-refractivity contribution in [2.45, 2.75) is 23.1 Å². The van der Waals surface area contributed by atoms with Gasteiger partial charge in [-0.2, -0.15) is 13.2 Å². The average Bonchev–Trinajstić information content (AvgIpc) is 2.45. The molecule has 0 heterocycles. The second-order valence-corrected chi connectivity index (χ2v) is 5.90. The molecule has 0 aliphatic heterocycles. The first kappa shape index (κ1) is 16.5. The number of alkyl halides is 3. The van der Waals surface area contributed by atoms with Crippen LogP contribution in [0, 0.1) is 0 Å². The molecule has 2 atom stereocenters. The van der Waals surface area contributed by atoms with Gasteiger partial charge in [0.05, 0.1) is 0 Å². The largest absolute Gasteiger partial charge is 0.411 e. The summed E-state index contributed by atoms with van der Waals surface area (Å²) in [6.45, 7) is -1.31. The fraction of sp³-hybridized carbons (Fsp3) is 0.333. The molecule has 0 radical (unpaired) electrons. The summed E-state index contributed by atoms with van der Waals surface area (Å²) in [5.74, 6) is -0.319. The highest BCUT2D eigenvalue weighted by atomic mass is 35.5. The van der Waals surface area contributed by atoms with Gasteiger partial charge in [-0.05, 0) is 30.0 Å². The standard InChI is InChI=1S/C15H14ClF3OS/c1-21-11-7-5-10(6-8-11)12-3-2-4-13(16)14(12)20-9-15(17,18)19/h2-8,12,14H,9H2,1H3. The summed E-state index contributed by atoms with van der Waals surface area (Å²) >= 11 is 7.63. The van der Waals surface area contributed by atoms with Gasteiger partial charge in [-0.25, -0.2) is 0 Å². The molecule has 21 heavy (non-hydrogen) atoms. The molecule has 0 N–H and O–H groups in total. The van der Waals surface area contributed by atoms with Gasteiger partial charge in [-0.1, -0.05) is 35.9 Å². The van der Waals surface area contributed by atoms with Crippen molar-refractivity contribution in [1.29, 1.82) is 0 Å². The van der Waals surface area contributed by atoms with E-state index in [1.165, 1.54) is 0 Å². The summed E-state index contributed by atoms with van der Waals surface area (Å²) in [5.41, 5.74) is 0.877. The molecule has 6 heteroatoms. The van der Waals surface area contributed by atoms with Crippen molar-refractivity contribution < 1.29 is 17.9 Å². The van der Waals surface area contributed by atoms with Crippen LogP contribution in [0.4, 0.5) is 13.2 Å². The third-order valence-electron chi connectivity index (χ3n) is 3.10. The fourth-order valence-corrected chi connectivity index (χ4v) is 2.79. The molecule has 1 nitrogen and oxygen atoms in total. The lowest BCUT2D eigenvalue weighted by molar-refractivity contribution is -0.182. The van der Waals surface area contributed by atoms with Crippen molar-refractivity contribution in [2.24, 2.45) is 0 Å². The molecule has 114 valence electrons. The number of thioether (sulfide) groups is 1. The van der Waals surface area contributed by atoms with Crippen molar-refractivity contribution in [3.63, 3.8) is 0 Å². The van der Waals surface area contributed by atoms with Crippen LogP contribution in [-0.2, 0) is 4.74 Å². The van der Waals surface area contributed by atoms with Gasteiger partial charge in [0.15, 0.2) is 0 Å². The fourth-order valence-electron chi connectivity index (χ4n) is 2.11. The van der Waals surface area contributed by atoms with Crippen molar-refractivity contribution >= 4 is 23.4 Å². The van der Waals surface area contributed by atoms with E-state index in [0.717, 1.165) is 10.5 Å². The maximum atomic E-state index is 12.4. The van der Waals surface area contributed by atoms with E-state index < -0.39 is 18.9 Å². The van der Waals surface area contributed by atoms with Gasteiger partial charge in [0.1, 0.15) is 12.7 Å². The van der Waals surface area contributed by atoms with Crippen LogP contribution < -0.4 is 0 Å². The Morgan fingerprint density at radius 1 is 1.24 bits per heavy atom. The number of allylic oxidation sites excluding steroid dienone is 2.